The van der Waals surface area contributed by atoms with E-state index < -0.39 is 0 Å². The van der Waals surface area contributed by atoms with Crippen molar-refractivity contribution < 1.29 is 4.79 Å². The Balaban J connectivity index is 2.33. The van der Waals surface area contributed by atoms with Crippen LogP contribution in [-0.4, -0.2) is 16.1 Å². The van der Waals surface area contributed by atoms with Crippen LogP contribution < -0.4 is 5.56 Å². The monoisotopic (exact) mass is 180 g/mol. The molecule has 13 heavy (non-hydrogen) atoms. The molecule has 1 heterocycles. The first-order chi connectivity index (χ1) is 6.31. The number of hydrogen-bond donors (Lipinski definition) is 1. The second-order valence-corrected chi connectivity index (χ2v) is 3.48. The smallest absolute Gasteiger partial charge is 0.267 e. The van der Waals surface area contributed by atoms with Gasteiger partial charge in [-0.1, -0.05) is 12.8 Å². The van der Waals surface area contributed by atoms with Gasteiger partial charge in [0.05, 0.1) is 11.7 Å². The number of rotatable bonds is 2. The molecule has 1 aliphatic carbocycles. The predicted molar refractivity (Wildman–Crippen MR) is 47.9 cm³/mol. The van der Waals surface area contributed by atoms with Crippen molar-refractivity contribution in [2.24, 2.45) is 0 Å². The van der Waals surface area contributed by atoms with Crippen LogP contribution in [0.1, 0.15) is 42.2 Å². The summed E-state index contributed by atoms with van der Waals surface area (Å²) in [5, 5.41) is 2.81. The number of carbonyl (C=O) groups excluding carboxylic acids is 1. The lowest BCUT2D eigenvalue weighted by molar-refractivity contribution is 0.111. The summed E-state index contributed by atoms with van der Waals surface area (Å²) in [4.78, 5) is 21.8. The molecule has 1 saturated carbocycles. The van der Waals surface area contributed by atoms with Gasteiger partial charge in [-0.15, -0.1) is 0 Å². The number of aromatic amines is 1. The highest BCUT2D eigenvalue weighted by Gasteiger charge is 2.18. The SMILES string of the molecule is O=Cc1cc(=O)n(C2CCCC2)[nH]1. The van der Waals surface area contributed by atoms with E-state index in [1.807, 2.05) is 0 Å². The average Bonchev–Trinajstić information content (AvgIpc) is 2.72. The molecule has 2 rings (SSSR count). The Labute approximate surface area is 75.5 Å². The molecule has 4 nitrogen and oxygen atoms in total. The van der Waals surface area contributed by atoms with Crippen LogP contribution in [0.2, 0.25) is 0 Å². The van der Waals surface area contributed by atoms with Gasteiger partial charge in [0.15, 0.2) is 6.29 Å². The molecule has 0 aromatic carbocycles. The number of H-pyrrole nitrogens is 1. The summed E-state index contributed by atoms with van der Waals surface area (Å²) in [6.45, 7) is 0. The summed E-state index contributed by atoms with van der Waals surface area (Å²) in [6.07, 6.45) is 5.10. The van der Waals surface area contributed by atoms with Crippen LogP contribution in [0.4, 0.5) is 0 Å². The van der Waals surface area contributed by atoms with Gasteiger partial charge in [0.1, 0.15) is 0 Å². The molecule has 1 aromatic rings. The van der Waals surface area contributed by atoms with Gasteiger partial charge in [0.25, 0.3) is 5.56 Å². The highest BCUT2D eigenvalue weighted by atomic mass is 16.1. The first kappa shape index (κ1) is 8.29. The molecule has 70 valence electrons. The zero-order valence-corrected chi connectivity index (χ0v) is 7.32. The van der Waals surface area contributed by atoms with Crippen LogP contribution in [0.15, 0.2) is 10.9 Å². The minimum Gasteiger partial charge on any atom is -0.296 e. The van der Waals surface area contributed by atoms with E-state index in [1.165, 1.54) is 18.9 Å². The molecule has 0 spiro atoms. The van der Waals surface area contributed by atoms with Crippen molar-refractivity contribution in [1.82, 2.24) is 9.78 Å². The van der Waals surface area contributed by atoms with E-state index in [2.05, 4.69) is 5.10 Å². The van der Waals surface area contributed by atoms with Gasteiger partial charge >= 0.3 is 0 Å². The molecule has 0 radical (unpaired) electrons. The Morgan fingerprint density at radius 1 is 1.46 bits per heavy atom. The van der Waals surface area contributed by atoms with Crippen molar-refractivity contribution in [1.29, 1.82) is 0 Å². The maximum absolute atomic E-state index is 11.4. The molecule has 1 aliphatic rings. The zero-order valence-electron chi connectivity index (χ0n) is 7.32. The largest absolute Gasteiger partial charge is 0.296 e. The van der Waals surface area contributed by atoms with E-state index in [0.717, 1.165) is 12.8 Å². The van der Waals surface area contributed by atoms with Crippen molar-refractivity contribution in [2.75, 3.05) is 0 Å². The van der Waals surface area contributed by atoms with Crippen molar-refractivity contribution in [3.8, 4) is 0 Å². The molecule has 1 aromatic heterocycles. The number of nitrogens with one attached hydrogen (secondary N) is 1. The third-order valence-electron chi connectivity index (χ3n) is 2.58. The fraction of sp³-hybridized carbons (Fsp3) is 0.556. The van der Waals surface area contributed by atoms with E-state index >= 15 is 0 Å². The topological polar surface area (TPSA) is 54.9 Å². The normalized spacial score (nSPS) is 17.8. The highest BCUT2D eigenvalue weighted by molar-refractivity contribution is 5.71. The molecule has 0 aliphatic heterocycles. The second kappa shape index (κ2) is 3.20. The first-order valence-electron chi connectivity index (χ1n) is 4.58. The minimum atomic E-state index is -0.0889. The maximum atomic E-state index is 11.4. The first-order valence-corrected chi connectivity index (χ1v) is 4.58. The van der Waals surface area contributed by atoms with Crippen LogP contribution in [0.25, 0.3) is 0 Å². The highest BCUT2D eigenvalue weighted by Crippen LogP contribution is 2.27. The fourth-order valence-electron chi connectivity index (χ4n) is 1.92. The molecule has 1 N–H and O–H groups in total. The van der Waals surface area contributed by atoms with Crippen LogP contribution in [-0.2, 0) is 0 Å². The Bertz CT molecular complexity index is 358. The molecule has 0 unspecified atom stereocenters. The average molecular weight is 180 g/mol. The van der Waals surface area contributed by atoms with Crippen LogP contribution in [0.5, 0.6) is 0 Å². The molecule has 0 amide bonds. The van der Waals surface area contributed by atoms with E-state index in [9.17, 15) is 9.59 Å². The van der Waals surface area contributed by atoms with Gasteiger partial charge in [-0.25, -0.2) is 4.68 Å². The lowest BCUT2D eigenvalue weighted by Gasteiger charge is -2.08. The number of nitrogens with zero attached hydrogens (tertiary/aromatic N) is 1. The summed E-state index contributed by atoms with van der Waals surface area (Å²) in [7, 11) is 0. The molecular formula is C9H12N2O2. The van der Waals surface area contributed by atoms with Gasteiger partial charge in [-0.2, -0.15) is 0 Å². The molecular weight excluding hydrogens is 168 g/mol. The molecule has 4 heteroatoms. The van der Waals surface area contributed by atoms with Crippen molar-refractivity contribution in [3.05, 3.63) is 22.1 Å². The standard InChI is InChI=1S/C9H12N2O2/c12-6-7-5-9(13)11(10-7)8-3-1-2-4-8/h5-6,8,10H,1-4H2. The van der Waals surface area contributed by atoms with Gasteiger partial charge in [0.2, 0.25) is 0 Å². The molecule has 0 saturated heterocycles. The summed E-state index contributed by atoms with van der Waals surface area (Å²) >= 11 is 0. The zero-order chi connectivity index (χ0) is 9.26. The number of carbonyl (C=O) groups is 1. The third-order valence-corrected chi connectivity index (χ3v) is 2.58. The van der Waals surface area contributed by atoms with Gasteiger partial charge in [0, 0.05) is 6.07 Å². The summed E-state index contributed by atoms with van der Waals surface area (Å²) in [5.41, 5.74) is 0.283. The quantitative estimate of drug-likeness (QED) is 0.693. The van der Waals surface area contributed by atoms with E-state index in [1.54, 1.807) is 4.68 Å². The molecule has 1 fully saturated rings. The Kier molecular flexibility index (Phi) is 2.04. The second-order valence-electron chi connectivity index (χ2n) is 3.48. The summed E-state index contributed by atoms with van der Waals surface area (Å²) < 4.78 is 1.58. The summed E-state index contributed by atoms with van der Waals surface area (Å²) in [5.74, 6) is 0. The van der Waals surface area contributed by atoms with Gasteiger partial charge in [-0.05, 0) is 12.8 Å². The van der Waals surface area contributed by atoms with Crippen LogP contribution >= 0.6 is 0 Å². The fourth-order valence-corrected chi connectivity index (χ4v) is 1.92. The van der Waals surface area contributed by atoms with E-state index in [4.69, 9.17) is 0 Å². The predicted octanol–water partition coefficient (Wildman–Crippen LogP) is 1.10. The maximum Gasteiger partial charge on any atom is 0.267 e. The number of aldehydes is 1. The van der Waals surface area contributed by atoms with Crippen molar-refractivity contribution in [2.45, 2.75) is 31.7 Å². The third kappa shape index (κ3) is 1.43. The molecule has 0 bridgehead atoms. The minimum absolute atomic E-state index is 0.0889. The van der Waals surface area contributed by atoms with Gasteiger partial charge in [-0.3, -0.25) is 14.7 Å². The van der Waals surface area contributed by atoms with Crippen LogP contribution in [0.3, 0.4) is 0 Å². The number of aromatic nitrogens is 2. The van der Waals surface area contributed by atoms with Crippen molar-refractivity contribution in [3.63, 3.8) is 0 Å². The Hall–Kier alpha value is -1.32. The van der Waals surface area contributed by atoms with E-state index in [-0.39, 0.29) is 11.6 Å². The lowest BCUT2D eigenvalue weighted by Crippen LogP contribution is -2.19. The summed E-state index contributed by atoms with van der Waals surface area (Å²) in [6, 6.07) is 1.63. The molecule has 0 atom stereocenters. The van der Waals surface area contributed by atoms with Gasteiger partial charge < -0.3 is 0 Å². The lowest BCUT2D eigenvalue weighted by atomic mass is 10.3. The Morgan fingerprint density at radius 2 is 2.15 bits per heavy atom. The van der Waals surface area contributed by atoms with Crippen LogP contribution in [0, 0.1) is 0 Å². The van der Waals surface area contributed by atoms with Crippen molar-refractivity contribution >= 4 is 6.29 Å². The van der Waals surface area contributed by atoms with E-state index in [0.29, 0.717) is 12.0 Å². The Morgan fingerprint density at radius 3 is 2.69 bits per heavy atom. The number of hydrogen-bond acceptors (Lipinski definition) is 2.